The van der Waals surface area contributed by atoms with E-state index in [4.69, 9.17) is 0 Å². The summed E-state index contributed by atoms with van der Waals surface area (Å²) in [6.07, 6.45) is 0. The summed E-state index contributed by atoms with van der Waals surface area (Å²) >= 11 is 0. The fourth-order valence-corrected chi connectivity index (χ4v) is 0.753. The molecule has 0 aliphatic heterocycles. The fraction of sp³-hybridized carbons (Fsp3) is 0.143. The first-order valence-electron chi connectivity index (χ1n) is 3.03. The van der Waals surface area contributed by atoms with Gasteiger partial charge in [-0.2, -0.15) is 0 Å². The zero-order valence-electron chi connectivity index (χ0n) is 5.66. The van der Waals surface area contributed by atoms with Crippen LogP contribution in [0, 0.1) is 10.1 Å². The van der Waals surface area contributed by atoms with Crippen molar-refractivity contribution >= 4 is 5.69 Å². The zero-order chi connectivity index (χ0) is 8.27. The number of alkyl halides is 1. The van der Waals surface area contributed by atoms with Crippen molar-refractivity contribution in [1.82, 2.24) is 0 Å². The van der Waals surface area contributed by atoms with Crippen LogP contribution in [0.15, 0.2) is 24.3 Å². The molecule has 3 nitrogen and oxygen atoms in total. The van der Waals surface area contributed by atoms with Gasteiger partial charge in [0.25, 0.3) is 5.69 Å². The molecule has 58 valence electrons. The number of hydrogen-bond donors (Lipinski definition) is 0. The Balaban J connectivity index is 3.01. The van der Waals surface area contributed by atoms with E-state index in [2.05, 4.69) is 0 Å². The van der Waals surface area contributed by atoms with Crippen molar-refractivity contribution in [1.29, 1.82) is 0 Å². The Labute approximate surface area is 62.6 Å². The van der Waals surface area contributed by atoms with Crippen LogP contribution in [0.1, 0.15) is 5.56 Å². The van der Waals surface area contributed by atoms with E-state index >= 15 is 0 Å². The minimum atomic E-state index is -0.665. The van der Waals surface area contributed by atoms with E-state index in [1.54, 1.807) is 0 Å². The summed E-state index contributed by atoms with van der Waals surface area (Å²) in [6, 6.07) is 5.53. The summed E-state index contributed by atoms with van der Waals surface area (Å²) in [6.45, 7) is -0.665. The summed E-state index contributed by atoms with van der Waals surface area (Å²) in [4.78, 5) is 9.61. The maximum Gasteiger partial charge on any atom is 0.269 e. The lowest BCUT2D eigenvalue weighted by molar-refractivity contribution is -0.384. The van der Waals surface area contributed by atoms with E-state index < -0.39 is 11.6 Å². The number of nitrogens with zero attached hydrogens (tertiary/aromatic N) is 1. The Morgan fingerprint density at radius 3 is 2.82 bits per heavy atom. The van der Waals surface area contributed by atoms with E-state index in [1.807, 2.05) is 0 Å². The Morgan fingerprint density at radius 2 is 2.27 bits per heavy atom. The van der Waals surface area contributed by atoms with Crippen molar-refractivity contribution in [2.24, 2.45) is 0 Å². The molecule has 0 N–H and O–H groups in total. The lowest BCUT2D eigenvalue weighted by Crippen LogP contribution is -1.88. The van der Waals surface area contributed by atoms with Crippen molar-refractivity contribution in [2.45, 2.75) is 6.67 Å². The summed E-state index contributed by atoms with van der Waals surface area (Å²) < 4.78 is 11.9. The van der Waals surface area contributed by atoms with Crippen LogP contribution in [-0.4, -0.2) is 4.92 Å². The lowest BCUT2D eigenvalue weighted by atomic mass is 10.2. The molecule has 0 heterocycles. The first-order valence-corrected chi connectivity index (χ1v) is 3.03. The summed E-state index contributed by atoms with van der Waals surface area (Å²) in [7, 11) is 0. The van der Waals surface area contributed by atoms with Crippen molar-refractivity contribution in [3.05, 3.63) is 39.9 Å². The average molecular weight is 155 g/mol. The minimum absolute atomic E-state index is 0.0693. The molecule has 0 radical (unpaired) electrons. The van der Waals surface area contributed by atoms with Crippen LogP contribution in [0.3, 0.4) is 0 Å². The molecule has 1 rings (SSSR count). The Morgan fingerprint density at radius 1 is 1.55 bits per heavy atom. The second-order valence-electron chi connectivity index (χ2n) is 2.06. The molecule has 0 spiro atoms. The second kappa shape index (κ2) is 3.09. The molecule has 0 aliphatic rings. The highest BCUT2D eigenvalue weighted by molar-refractivity contribution is 5.33. The molecule has 0 saturated heterocycles. The van der Waals surface area contributed by atoms with Crippen LogP contribution in [0.5, 0.6) is 0 Å². The molecule has 0 amide bonds. The maximum atomic E-state index is 11.9. The highest BCUT2D eigenvalue weighted by atomic mass is 19.1. The van der Waals surface area contributed by atoms with E-state index in [1.165, 1.54) is 24.3 Å². The van der Waals surface area contributed by atoms with Crippen LogP contribution >= 0.6 is 0 Å². The van der Waals surface area contributed by atoms with Crippen molar-refractivity contribution in [2.75, 3.05) is 0 Å². The first-order chi connectivity index (χ1) is 5.24. The number of nitro benzene ring substituents is 1. The molecule has 0 fully saturated rings. The molecule has 1 aromatic carbocycles. The van der Waals surface area contributed by atoms with Gasteiger partial charge in [-0.05, 0) is 5.56 Å². The maximum absolute atomic E-state index is 11.9. The SMILES string of the molecule is O=[N+]([O-])c1cccc(CF)c1. The third kappa shape index (κ3) is 1.73. The molecule has 0 aliphatic carbocycles. The molecular weight excluding hydrogens is 149 g/mol. The van der Waals surface area contributed by atoms with E-state index in [0.717, 1.165) is 0 Å². The van der Waals surface area contributed by atoms with E-state index in [9.17, 15) is 14.5 Å². The minimum Gasteiger partial charge on any atom is -0.258 e. The van der Waals surface area contributed by atoms with Gasteiger partial charge in [0.1, 0.15) is 6.67 Å². The zero-order valence-corrected chi connectivity index (χ0v) is 5.66. The fourth-order valence-electron chi connectivity index (χ4n) is 0.753. The third-order valence-corrected chi connectivity index (χ3v) is 1.28. The summed E-state index contributed by atoms with van der Waals surface area (Å²) in [5.41, 5.74) is 0.263. The lowest BCUT2D eigenvalue weighted by Gasteiger charge is -1.92. The number of benzene rings is 1. The number of rotatable bonds is 2. The van der Waals surface area contributed by atoms with E-state index in [0.29, 0.717) is 5.56 Å². The molecule has 0 aromatic heterocycles. The van der Waals surface area contributed by atoms with Gasteiger partial charge in [0, 0.05) is 12.1 Å². The van der Waals surface area contributed by atoms with Gasteiger partial charge in [-0.3, -0.25) is 10.1 Å². The number of nitro groups is 1. The highest BCUT2D eigenvalue weighted by Gasteiger charge is 2.04. The molecule has 1 aromatic rings. The van der Waals surface area contributed by atoms with Gasteiger partial charge in [-0.25, -0.2) is 4.39 Å². The van der Waals surface area contributed by atoms with Gasteiger partial charge >= 0.3 is 0 Å². The molecular formula is C7H6FNO2. The molecule has 0 atom stereocenters. The molecule has 0 bridgehead atoms. The van der Waals surface area contributed by atoms with Crippen LogP contribution < -0.4 is 0 Å². The monoisotopic (exact) mass is 155 g/mol. The second-order valence-corrected chi connectivity index (χ2v) is 2.06. The van der Waals surface area contributed by atoms with Gasteiger partial charge in [0.15, 0.2) is 0 Å². The van der Waals surface area contributed by atoms with Gasteiger partial charge < -0.3 is 0 Å². The quantitative estimate of drug-likeness (QED) is 0.484. The van der Waals surface area contributed by atoms with E-state index in [-0.39, 0.29) is 5.69 Å². The summed E-state index contributed by atoms with van der Waals surface area (Å²) in [5, 5.41) is 10.2. The van der Waals surface area contributed by atoms with Crippen LogP contribution in [0.2, 0.25) is 0 Å². The van der Waals surface area contributed by atoms with Gasteiger partial charge in [0.05, 0.1) is 4.92 Å². The predicted molar refractivity (Wildman–Crippen MR) is 37.9 cm³/mol. The normalized spacial score (nSPS) is 9.55. The smallest absolute Gasteiger partial charge is 0.258 e. The van der Waals surface area contributed by atoms with Gasteiger partial charge in [-0.1, -0.05) is 12.1 Å². The van der Waals surface area contributed by atoms with Crippen molar-refractivity contribution < 1.29 is 9.31 Å². The largest absolute Gasteiger partial charge is 0.269 e. The average Bonchev–Trinajstić information content (AvgIpc) is 2.05. The Kier molecular flexibility index (Phi) is 2.15. The Bertz CT molecular complexity index is 275. The highest BCUT2D eigenvalue weighted by Crippen LogP contribution is 2.13. The number of hydrogen-bond acceptors (Lipinski definition) is 2. The van der Waals surface area contributed by atoms with Crippen molar-refractivity contribution in [3.8, 4) is 0 Å². The van der Waals surface area contributed by atoms with Crippen molar-refractivity contribution in [3.63, 3.8) is 0 Å². The van der Waals surface area contributed by atoms with Gasteiger partial charge in [-0.15, -0.1) is 0 Å². The molecule has 0 saturated carbocycles. The molecule has 0 unspecified atom stereocenters. The first kappa shape index (κ1) is 7.65. The van der Waals surface area contributed by atoms with Crippen LogP contribution in [-0.2, 0) is 6.67 Å². The predicted octanol–water partition coefficient (Wildman–Crippen LogP) is 2.06. The standard InChI is InChI=1S/C7H6FNO2/c8-5-6-2-1-3-7(4-6)9(10)11/h1-4H,5H2. The third-order valence-electron chi connectivity index (χ3n) is 1.28. The van der Waals surface area contributed by atoms with Gasteiger partial charge in [0.2, 0.25) is 0 Å². The van der Waals surface area contributed by atoms with Crippen LogP contribution in [0.4, 0.5) is 10.1 Å². The topological polar surface area (TPSA) is 43.1 Å². The molecule has 4 heteroatoms. The van der Waals surface area contributed by atoms with Crippen LogP contribution in [0.25, 0.3) is 0 Å². The Hall–Kier alpha value is -1.45. The summed E-state index contributed by atoms with van der Waals surface area (Å²) in [5.74, 6) is 0. The molecule has 11 heavy (non-hydrogen) atoms. The number of non-ortho nitro benzene ring substituents is 1. The number of halogens is 1.